The molecular weight excluding hydrogens is 152 g/mol. The van der Waals surface area contributed by atoms with E-state index in [1.165, 1.54) is 7.11 Å². The van der Waals surface area contributed by atoms with Gasteiger partial charge in [0, 0.05) is 0 Å². The molecule has 0 aromatic rings. The largest absolute Gasteiger partial charge is 0.465 e. The lowest BCUT2D eigenvalue weighted by molar-refractivity contribution is -0.135. The molecule has 0 heterocycles. The van der Waals surface area contributed by atoms with Crippen molar-refractivity contribution in [1.29, 1.82) is 0 Å². The van der Waals surface area contributed by atoms with Crippen LogP contribution in [0.3, 0.4) is 0 Å². The maximum absolute atomic E-state index is 11.1. The van der Waals surface area contributed by atoms with Gasteiger partial charge in [-0.1, -0.05) is 32.1 Å². The molecule has 0 spiro atoms. The Labute approximate surface area is 73.9 Å². The minimum Gasteiger partial charge on any atom is -0.465 e. The van der Waals surface area contributed by atoms with Crippen molar-refractivity contribution in [2.45, 2.75) is 26.7 Å². The molecule has 0 fully saturated rings. The van der Waals surface area contributed by atoms with E-state index in [1.807, 2.05) is 26.0 Å². The van der Waals surface area contributed by atoms with Crippen LogP contribution in [0.2, 0.25) is 0 Å². The van der Waals surface area contributed by atoms with E-state index in [0.717, 1.165) is 12.8 Å². The number of carbonyl (C=O) groups excluding carboxylic acids is 1. The van der Waals surface area contributed by atoms with E-state index >= 15 is 0 Å². The molecule has 68 valence electrons. The van der Waals surface area contributed by atoms with Gasteiger partial charge >= 0.3 is 5.97 Å². The second-order valence-corrected chi connectivity index (χ2v) is 2.37. The molecule has 0 aliphatic carbocycles. The molecule has 0 unspecified atom stereocenters. The molecule has 0 aromatic carbocycles. The highest BCUT2D eigenvalue weighted by molar-refractivity contribution is 5.91. The number of hydrogen-bond acceptors (Lipinski definition) is 2. The predicted octanol–water partition coefficient (Wildman–Crippen LogP) is 2.46. The van der Waals surface area contributed by atoms with Gasteiger partial charge in [-0.3, -0.25) is 0 Å². The standard InChI is InChI=1S/C10H16O2/c1-4-6-8-9(7-5-2)10(11)12-3/h6-8H,4-5H2,1-3H3/b8-6+,9-7-. The smallest absolute Gasteiger partial charge is 0.337 e. The first-order valence-electron chi connectivity index (χ1n) is 4.21. The lowest BCUT2D eigenvalue weighted by atomic mass is 10.2. The summed E-state index contributed by atoms with van der Waals surface area (Å²) in [6, 6.07) is 0. The summed E-state index contributed by atoms with van der Waals surface area (Å²) in [6.07, 6.45) is 7.38. The molecule has 0 N–H and O–H groups in total. The Morgan fingerprint density at radius 2 is 2.00 bits per heavy atom. The van der Waals surface area contributed by atoms with Gasteiger partial charge in [-0.05, 0) is 12.8 Å². The minimum atomic E-state index is -0.262. The number of esters is 1. The molecule has 0 atom stereocenters. The maximum atomic E-state index is 11.1. The number of allylic oxidation sites excluding steroid dienone is 2. The first-order chi connectivity index (χ1) is 5.76. The summed E-state index contributed by atoms with van der Waals surface area (Å²) in [4.78, 5) is 11.1. The topological polar surface area (TPSA) is 26.3 Å². The summed E-state index contributed by atoms with van der Waals surface area (Å²) >= 11 is 0. The normalized spacial score (nSPS) is 12.1. The van der Waals surface area contributed by atoms with Gasteiger partial charge in [-0.2, -0.15) is 0 Å². The van der Waals surface area contributed by atoms with Crippen molar-refractivity contribution in [2.75, 3.05) is 7.11 Å². The predicted molar refractivity (Wildman–Crippen MR) is 49.8 cm³/mol. The second-order valence-electron chi connectivity index (χ2n) is 2.37. The molecule has 0 aliphatic rings. The highest BCUT2D eigenvalue weighted by Crippen LogP contribution is 2.02. The molecule has 0 rings (SSSR count). The van der Waals surface area contributed by atoms with Crippen molar-refractivity contribution in [3.05, 3.63) is 23.8 Å². The fourth-order valence-electron chi connectivity index (χ4n) is 0.802. The highest BCUT2D eigenvalue weighted by atomic mass is 16.5. The van der Waals surface area contributed by atoms with Crippen molar-refractivity contribution >= 4 is 5.97 Å². The first kappa shape index (κ1) is 11.0. The summed E-state index contributed by atoms with van der Waals surface area (Å²) in [5, 5.41) is 0. The molecule has 0 aromatic heterocycles. The third-order valence-electron chi connectivity index (χ3n) is 1.38. The molecule has 0 radical (unpaired) electrons. The first-order valence-corrected chi connectivity index (χ1v) is 4.21. The van der Waals surface area contributed by atoms with E-state index in [9.17, 15) is 4.79 Å². The summed E-state index contributed by atoms with van der Waals surface area (Å²) < 4.78 is 4.60. The molecule has 0 saturated carbocycles. The number of methoxy groups -OCH3 is 1. The van der Waals surface area contributed by atoms with Gasteiger partial charge in [0.1, 0.15) is 0 Å². The Balaban J connectivity index is 4.34. The Bertz CT molecular complexity index is 190. The monoisotopic (exact) mass is 168 g/mol. The van der Waals surface area contributed by atoms with E-state index in [0.29, 0.717) is 5.57 Å². The Morgan fingerprint density at radius 3 is 2.42 bits per heavy atom. The average molecular weight is 168 g/mol. The number of hydrogen-bond donors (Lipinski definition) is 0. The van der Waals surface area contributed by atoms with Crippen LogP contribution < -0.4 is 0 Å². The third-order valence-corrected chi connectivity index (χ3v) is 1.38. The van der Waals surface area contributed by atoms with Crippen LogP contribution in [-0.2, 0) is 9.53 Å². The van der Waals surface area contributed by atoms with Crippen LogP contribution in [0.15, 0.2) is 23.8 Å². The zero-order chi connectivity index (χ0) is 9.40. The molecule has 0 amide bonds. The van der Waals surface area contributed by atoms with Gasteiger partial charge in [-0.25, -0.2) is 4.79 Å². The summed E-state index contributed by atoms with van der Waals surface area (Å²) in [5.41, 5.74) is 0.641. The van der Waals surface area contributed by atoms with Crippen molar-refractivity contribution < 1.29 is 9.53 Å². The van der Waals surface area contributed by atoms with E-state index in [1.54, 1.807) is 6.08 Å². The number of carbonyl (C=O) groups is 1. The Kier molecular flexibility index (Phi) is 6.07. The van der Waals surface area contributed by atoms with Gasteiger partial charge in [0.15, 0.2) is 0 Å². The van der Waals surface area contributed by atoms with Gasteiger partial charge < -0.3 is 4.74 Å². The average Bonchev–Trinajstić information content (AvgIpc) is 2.11. The molecule has 0 aliphatic heterocycles. The van der Waals surface area contributed by atoms with E-state index in [4.69, 9.17) is 0 Å². The summed E-state index contributed by atoms with van der Waals surface area (Å²) in [5.74, 6) is -0.262. The second kappa shape index (κ2) is 6.65. The van der Waals surface area contributed by atoms with Gasteiger partial charge in [-0.15, -0.1) is 0 Å². The van der Waals surface area contributed by atoms with Crippen LogP contribution in [0, 0.1) is 0 Å². The molecular formula is C10H16O2. The van der Waals surface area contributed by atoms with Crippen LogP contribution in [0.4, 0.5) is 0 Å². The van der Waals surface area contributed by atoms with E-state index in [-0.39, 0.29) is 5.97 Å². The number of ether oxygens (including phenoxy) is 1. The SMILES string of the molecule is CC/C=C(/C=C/CC)C(=O)OC. The van der Waals surface area contributed by atoms with Gasteiger partial charge in [0.25, 0.3) is 0 Å². The molecule has 0 bridgehead atoms. The van der Waals surface area contributed by atoms with Crippen molar-refractivity contribution in [3.63, 3.8) is 0 Å². The van der Waals surface area contributed by atoms with E-state index in [2.05, 4.69) is 4.74 Å². The summed E-state index contributed by atoms with van der Waals surface area (Å²) in [7, 11) is 1.39. The van der Waals surface area contributed by atoms with Gasteiger partial charge in [0.2, 0.25) is 0 Å². The Morgan fingerprint density at radius 1 is 1.33 bits per heavy atom. The number of rotatable bonds is 4. The van der Waals surface area contributed by atoms with Crippen LogP contribution in [0.1, 0.15) is 26.7 Å². The van der Waals surface area contributed by atoms with Crippen molar-refractivity contribution in [2.24, 2.45) is 0 Å². The lowest BCUT2D eigenvalue weighted by Crippen LogP contribution is -2.02. The molecule has 2 heteroatoms. The van der Waals surface area contributed by atoms with Crippen LogP contribution >= 0.6 is 0 Å². The third kappa shape index (κ3) is 3.96. The van der Waals surface area contributed by atoms with Crippen molar-refractivity contribution in [3.8, 4) is 0 Å². The van der Waals surface area contributed by atoms with Crippen LogP contribution in [-0.4, -0.2) is 13.1 Å². The minimum absolute atomic E-state index is 0.262. The van der Waals surface area contributed by atoms with Crippen LogP contribution in [0.5, 0.6) is 0 Å². The summed E-state index contributed by atoms with van der Waals surface area (Å²) in [6.45, 7) is 4.01. The van der Waals surface area contributed by atoms with Crippen LogP contribution in [0.25, 0.3) is 0 Å². The lowest BCUT2D eigenvalue weighted by Gasteiger charge is -1.98. The molecule has 12 heavy (non-hydrogen) atoms. The zero-order valence-corrected chi connectivity index (χ0v) is 7.96. The fraction of sp³-hybridized carbons (Fsp3) is 0.500. The fourth-order valence-corrected chi connectivity index (χ4v) is 0.802. The van der Waals surface area contributed by atoms with E-state index < -0.39 is 0 Å². The quantitative estimate of drug-likeness (QED) is 0.366. The van der Waals surface area contributed by atoms with Gasteiger partial charge in [0.05, 0.1) is 12.7 Å². The maximum Gasteiger partial charge on any atom is 0.337 e. The molecule has 2 nitrogen and oxygen atoms in total. The zero-order valence-electron chi connectivity index (χ0n) is 7.96. The Hall–Kier alpha value is -1.05. The highest BCUT2D eigenvalue weighted by Gasteiger charge is 2.03. The van der Waals surface area contributed by atoms with Crippen molar-refractivity contribution in [1.82, 2.24) is 0 Å². The molecule has 0 saturated heterocycles.